The van der Waals surface area contributed by atoms with E-state index >= 15 is 0 Å². The minimum Gasteiger partial charge on any atom is -0.386 e. The van der Waals surface area contributed by atoms with Gasteiger partial charge in [0.15, 0.2) is 0 Å². The molecule has 164 valence electrons. The number of carbonyl (C=O) groups is 1. The molecule has 0 saturated carbocycles. The van der Waals surface area contributed by atoms with Crippen molar-refractivity contribution in [3.05, 3.63) is 48.4 Å². The monoisotopic (exact) mass is 422 g/mol. The maximum Gasteiger partial charge on any atom is 0.213 e. The minimum atomic E-state index is -0.983. The maximum atomic E-state index is 11.5. The van der Waals surface area contributed by atoms with E-state index in [2.05, 4.69) is 20.9 Å². The zero-order valence-electron chi connectivity index (χ0n) is 19.0. The number of aromatic nitrogens is 2. The molecule has 1 aromatic carbocycles. The average molecular weight is 423 g/mol. The van der Waals surface area contributed by atoms with E-state index in [9.17, 15) is 9.90 Å². The zero-order valence-corrected chi connectivity index (χ0v) is 19.0. The van der Waals surface area contributed by atoms with Crippen molar-refractivity contribution in [2.75, 3.05) is 37.5 Å². The highest BCUT2D eigenvalue weighted by molar-refractivity contribution is 6.02. The van der Waals surface area contributed by atoms with Crippen molar-refractivity contribution < 1.29 is 14.6 Å². The number of likely N-dealkylation sites (N-methyl/N-ethyl adjacent to an activating group) is 1. The molecular weight excluding hydrogens is 392 g/mol. The van der Waals surface area contributed by atoms with Gasteiger partial charge in [-0.3, -0.25) is 14.8 Å². The Morgan fingerprint density at radius 2 is 1.90 bits per heavy atom. The molecule has 7 nitrogen and oxygen atoms in total. The van der Waals surface area contributed by atoms with E-state index in [1.807, 2.05) is 32.2 Å². The summed E-state index contributed by atoms with van der Waals surface area (Å²) >= 11 is 0. The van der Waals surface area contributed by atoms with Crippen LogP contribution in [0, 0.1) is 0 Å². The van der Waals surface area contributed by atoms with Crippen molar-refractivity contribution in [1.82, 2.24) is 9.97 Å². The van der Waals surface area contributed by atoms with Crippen molar-refractivity contribution >= 4 is 28.7 Å². The van der Waals surface area contributed by atoms with E-state index in [1.165, 1.54) is 4.90 Å². The van der Waals surface area contributed by atoms with Crippen LogP contribution in [0.5, 0.6) is 0 Å². The number of aliphatic hydroxyl groups is 1. The van der Waals surface area contributed by atoms with Gasteiger partial charge in [-0.1, -0.05) is 6.07 Å². The Bertz CT molecular complexity index is 1080. The van der Waals surface area contributed by atoms with Gasteiger partial charge in [0.2, 0.25) is 6.41 Å². The first-order valence-corrected chi connectivity index (χ1v) is 10.2. The van der Waals surface area contributed by atoms with Crippen LogP contribution in [0.1, 0.15) is 26.3 Å². The van der Waals surface area contributed by atoms with Gasteiger partial charge in [0.05, 0.1) is 34.8 Å². The molecule has 3 aromatic rings. The van der Waals surface area contributed by atoms with Crippen LogP contribution >= 0.6 is 0 Å². The summed E-state index contributed by atoms with van der Waals surface area (Å²) in [6.45, 7) is 6.13. The van der Waals surface area contributed by atoms with Crippen LogP contribution in [0.2, 0.25) is 0 Å². The molecule has 0 bridgehead atoms. The molecule has 0 saturated heterocycles. The number of nitrogens with zero attached hydrogens (tertiary/aromatic N) is 4. The molecule has 1 N–H and O–H groups in total. The highest BCUT2D eigenvalue weighted by Crippen LogP contribution is 2.37. The summed E-state index contributed by atoms with van der Waals surface area (Å²) in [5.74, 6) is 0. The Labute approximate surface area is 183 Å². The summed E-state index contributed by atoms with van der Waals surface area (Å²) in [6, 6.07) is 7.95. The van der Waals surface area contributed by atoms with Crippen molar-refractivity contribution in [2.45, 2.75) is 32.5 Å². The van der Waals surface area contributed by atoms with Gasteiger partial charge in [0, 0.05) is 56.7 Å². The number of ether oxygens (including phenoxy) is 1. The van der Waals surface area contributed by atoms with Gasteiger partial charge < -0.3 is 19.6 Å². The molecule has 2 aromatic heterocycles. The third-order valence-electron chi connectivity index (χ3n) is 5.45. The summed E-state index contributed by atoms with van der Waals surface area (Å²) in [6.07, 6.45) is 5.96. The summed E-state index contributed by atoms with van der Waals surface area (Å²) in [5.41, 5.74) is 4.05. The number of fused-ring (bicyclic) bond motifs is 1. The average Bonchev–Trinajstić information content (AvgIpc) is 2.76. The number of benzene rings is 1. The largest absolute Gasteiger partial charge is 0.386 e. The number of hydrogen-bond acceptors (Lipinski definition) is 6. The van der Waals surface area contributed by atoms with E-state index in [0.29, 0.717) is 12.2 Å². The van der Waals surface area contributed by atoms with E-state index in [1.54, 1.807) is 46.6 Å². The quantitative estimate of drug-likeness (QED) is 0.559. The highest BCUT2D eigenvalue weighted by atomic mass is 16.5. The van der Waals surface area contributed by atoms with E-state index in [4.69, 9.17) is 4.74 Å². The van der Waals surface area contributed by atoms with Crippen LogP contribution in [-0.2, 0) is 15.1 Å². The van der Waals surface area contributed by atoms with Gasteiger partial charge in [0.1, 0.15) is 0 Å². The van der Waals surface area contributed by atoms with Crippen molar-refractivity contribution in [3.63, 3.8) is 0 Å². The van der Waals surface area contributed by atoms with Crippen LogP contribution < -0.4 is 9.80 Å². The van der Waals surface area contributed by atoms with Gasteiger partial charge in [-0.05, 0) is 44.5 Å². The second-order valence-electron chi connectivity index (χ2n) is 8.39. The van der Waals surface area contributed by atoms with Crippen molar-refractivity contribution in [2.24, 2.45) is 0 Å². The molecule has 1 unspecified atom stereocenters. The fraction of sp³-hybridized carbons (Fsp3) is 0.375. The number of rotatable bonds is 8. The lowest BCUT2D eigenvalue weighted by Gasteiger charge is -2.28. The maximum absolute atomic E-state index is 11.5. The molecule has 0 aliphatic carbocycles. The summed E-state index contributed by atoms with van der Waals surface area (Å²) < 4.78 is 5.45. The lowest BCUT2D eigenvalue weighted by atomic mass is 9.96. The molecule has 31 heavy (non-hydrogen) atoms. The van der Waals surface area contributed by atoms with Crippen molar-refractivity contribution in [3.8, 4) is 11.1 Å². The number of methoxy groups -OCH3 is 1. The van der Waals surface area contributed by atoms with Gasteiger partial charge in [-0.25, -0.2) is 0 Å². The van der Waals surface area contributed by atoms with E-state index < -0.39 is 5.60 Å². The Morgan fingerprint density at radius 1 is 1.16 bits per heavy atom. The van der Waals surface area contributed by atoms with E-state index in [0.717, 1.165) is 39.7 Å². The molecule has 1 amide bonds. The van der Waals surface area contributed by atoms with Crippen LogP contribution in [0.15, 0.2) is 42.9 Å². The predicted octanol–water partition coefficient (Wildman–Crippen LogP) is 3.59. The topological polar surface area (TPSA) is 78.8 Å². The Balaban J connectivity index is 2.20. The van der Waals surface area contributed by atoms with Crippen LogP contribution in [-0.4, -0.2) is 55.3 Å². The van der Waals surface area contributed by atoms with Crippen molar-refractivity contribution in [1.29, 1.82) is 0 Å². The number of pyridine rings is 2. The molecule has 2 heterocycles. The van der Waals surface area contributed by atoms with E-state index in [-0.39, 0.29) is 6.10 Å². The SMILES string of the molecule is COC(C)CN(C)c1c(N(C)C=O)cnc2ccc(-c3cncc(C(C)(C)O)c3)cc12. The molecule has 3 rings (SSSR count). The first-order valence-electron chi connectivity index (χ1n) is 10.2. The summed E-state index contributed by atoms with van der Waals surface area (Å²) in [7, 11) is 5.38. The first-order chi connectivity index (χ1) is 14.7. The number of hydrogen-bond donors (Lipinski definition) is 1. The van der Waals surface area contributed by atoms with Gasteiger partial charge in [0.25, 0.3) is 0 Å². The van der Waals surface area contributed by atoms with Crippen LogP contribution in [0.4, 0.5) is 11.4 Å². The Kier molecular flexibility index (Phi) is 6.57. The smallest absolute Gasteiger partial charge is 0.213 e. The summed E-state index contributed by atoms with van der Waals surface area (Å²) in [4.78, 5) is 24.0. The first kappa shape index (κ1) is 22.7. The van der Waals surface area contributed by atoms with Gasteiger partial charge in [-0.2, -0.15) is 0 Å². The molecule has 0 aliphatic heterocycles. The standard InChI is InChI=1S/C24H30N4O3/c1-16(31-6)14-27(4)23-20-10-17(18-9-19(12-25-11-18)24(2,3)30)7-8-21(20)26-13-22(23)28(5)15-29/h7-13,15-16,30H,14H2,1-6H3. The molecule has 0 aliphatic rings. The van der Waals surface area contributed by atoms with Gasteiger partial charge in [-0.15, -0.1) is 0 Å². The predicted molar refractivity (Wildman–Crippen MR) is 124 cm³/mol. The number of carbonyl (C=O) groups excluding carboxylic acids is 1. The lowest BCUT2D eigenvalue weighted by Crippen LogP contribution is -2.30. The molecule has 0 radical (unpaired) electrons. The van der Waals surface area contributed by atoms with Gasteiger partial charge >= 0.3 is 0 Å². The highest BCUT2D eigenvalue weighted by Gasteiger charge is 2.20. The fourth-order valence-electron chi connectivity index (χ4n) is 3.55. The second kappa shape index (κ2) is 8.99. The normalized spacial score (nSPS) is 12.6. The summed E-state index contributed by atoms with van der Waals surface area (Å²) in [5, 5.41) is 11.3. The number of amides is 1. The molecular formula is C24H30N4O3. The molecule has 0 fully saturated rings. The van der Waals surface area contributed by atoms with Crippen LogP contribution in [0.25, 0.3) is 22.0 Å². The third-order valence-corrected chi connectivity index (χ3v) is 5.45. The van der Waals surface area contributed by atoms with Crippen LogP contribution in [0.3, 0.4) is 0 Å². The Morgan fingerprint density at radius 3 is 2.55 bits per heavy atom. The molecule has 7 heteroatoms. The molecule has 1 atom stereocenters. The minimum absolute atomic E-state index is 0.0125. The lowest BCUT2D eigenvalue weighted by molar-refractivity contribution is -0.107. The zero-order chi connectivity index (χ0) is 22.8. The molecule has 0 spiro atoms. The second-order valence-corrected chi connectivity index (χ2v) is 8.39. The Hall–Kier alpha value is -3.03. The third kappa shape index (κ3) is 4.84. The number of anilines is 2. The fourth-order valence-corrected chi connectivity index (χ4v) is 3.55.